The minimum atomic E-state index is -0.598. The Morgan fingerprint density at radius 2 is 2.10 bits per heavy atom. The Hall–Kier alpha value is -1.47. The normalized spacial score (nSPS) is 10.3. The van der Waals surface area contributed by atoms with Gasteiger partial charge in [0.05, 0.1) is 13.7 Å². The minimum absolute atomic E-state index is 0.0689. The van der Waals surface area contributed by atoms with Gasteiger partial charge in [-0.1, -0.05) is 24.7 Å². The average molecular weight is 300 g/mol. The monoisotopic (exact) mass is 300 g/mol. The number of anilines is 1. The lowest BCUT2D eigenvalue weighted by Gasteiger charge is -2.03. The number of nitrogens with zero attached hydrogens (tertiary/aromatic N) is 1. The van der Waals surface area contributed by atoms with E-state index in [1.165, 1.54) is 14.0 Å². The van der Waals surface area contributed by atoms with E-state index in [9.17, 15) is 9.59 Å². The standard InChI is InChI=1S/C13H20N2O4S/c1-4-5-7-19-8-6-14-13-15-10(12(17)18-3)11(20-13)9(2)16/h4-8H2,1-3H3,(H,14,15). The van der Waals surface area contributed by atoms with E-state index in [4.69, 9.17) is 4.74 Å². The Kier molecular flexibility index (Phi) is 7.17. The number of unbranched alkanes of at least 4 members (excludes halogenated alkanes) is 1. The molecule has 0 radical (unpaired) electrons. The first-order chi connectivity index (χ1) is 9.60. The van der Waals surface area contributed by atoms with Crippen molar-refractivity contribution in [2.45, 2.75) is 26.7 Å². The molecule has 7 heteroatoms. The molecular weight excluding hydrogens is 280 g/mol. The highest BCUT2D eigenvalue weighted by molar-refractivity contribution is 7.17. The number of esters is 1. The Labute approximate surface area is 122 Å². The summed E-state index contributed by atoms with van der Waals surface area (Å²) in [6.07, 6.45) is 2.14. The molecule has 1 N–H and O–H groups in total. The van der Waals surface area contributed by atoms with Gasteiger partial charge in [-0.25, -0.2) is 9.78 Å². The first-order valence-electron chi connectivity index (χ1n) is 6.51. The van der Waals surface area contributed by atoms with Crippen LogP contribution in [0.1, 0.15) is 46.8 Å². The van der Waals surface area contributed by atoms with Crippen LogP contribution in [0.25, 0.3) is 0 Å². The number of rotatable bonds is 9. The van der Waals surface area contributed by atoms with Crippen molar-refractivity contribution >= 4 is 28.2 Å². The molecule has 0 aliphatic carbocycles. The number of carbonyl (C=O) groups excluding carboxylic acids is 2. The van der Waals surface area contributed by atoms with Gasteiger partial charge in [0, 0.05) is 20.1 Å². The van der Waals surface area contributed by atoms with Crippen LogP contribution >= 0.6 is 11.3 Å². The molecular formula is C13H20N2O4S. The molecule has 0 saturated carbocycles. The van der Waals surface area contributed by atoms with E-state index in [1.807, 2.05) is 0 Å². The molecule has 1 aromatic rings. The van der Waals surface area contributed by atoms with Gasteiger partial charge in [-0.2, -0.15) is 0 Å². The minimum Gasteiger partial charge on any atom is -0.464 e. The summed E-state index contributed by atoms with van der Waals surface area (Å²) in [5, 5.41) is 3.56. The summed E-state index contributed by atoms with van der Waals surface area (Å²) >= 11 is 1.15. The maximum absolute atomic E-state index is 11.5. The van der Waals surface area contributed by atoms with Gasteiger partial charge in [-0.05, 0) is 6.42 Å². The average Bonchev–Trinajstić information content (AvgIpc) is 2.86. The topological polar surface area (TPSA) is 77.5 Å². The third-order valence-corrected chi connectivity index (χ3v) is 3.60. The molecule has 0 unspecified atom stereocenters. The van der Waals surface area contributed by atoms with E-state index < -0.39 is 5.97 Å². The van der Waals surface area contributed by atoms with Crippen molar-refractivity contribution in [2.75, 3.05) is 32.2 Å². The van der Waals surface area contributed by atoms with Crippen molar-refractivity contribution in [1.82, 2.24) is 4.98 Å². The Morgan fingerprint density at radius 3 is 2.70 bits per heavy atom. The Bertz CT molecular complexity index is 459. The zero-order valence-electron chi connectivity index (χ0n) is 12.0. The van der Waals surface area contributed by atoms with Crippen LogP contribution in [0, 0.1) is 0 Å². The highest BCUT2D eigenvalue weighted by Crippen LogP contribution is 2.24. The zero-order chi connectivity index (χ0) is 15.0. The third kappa shape index (κ3) is 4.90. The fraction of sp³-hybridized carbons (Fsp3) is 0.615. The van der Waals surface area contributed by atoms with Gasteiger partial charge in [-0.3, -0.25) is 4.79 Å². The predicted octanol–water partition coefficient (Wildman–Crippen LogP) is 2.36. The van der Waals surface area contributed by atoms with Crippen molar-refractivity contribution in [3.05, 3.63) is 10.6 Å². The molecule has 0 aromatic carbocycles. The summed E-state index contributed by atoms with van der Waals surface area (Å²) in [6.45, 7) is 5.38. The fourth-order valence-corrected chi connectivity index (χ4v) is 2.32. The molecule has 1 rings (SSSR count). The second kappa shape index (κ2) is 8.65. The van der Waals surface area contributed by atoms with Crippen LogP contribution in [-0.2, 0) is 9.47 Å². The molecule has 0 aliphatic heterocycles. The predicted molar refractivity (Wildman–Crippen MR) is 77.7 cm³/mol. The lowest BCUT2D eigenvalue weighted by Crippen LogP contribution is -2.10. The Morgan fingerprint density at radius 1 is 1.35 bits per heavy atom. The van der Waals surface area contributed by atoms with Crippen molar-refractivity contribution < 1.29 is 19.1 Å². The second-order valence-corrected chi connectivity index (χ2v) is 5.14. The maximum Gasteiger partial charge on any atom is 0.358 e. The number of aromatic nitrogens is 1. The van der Waals surface area contributed by atoms with Crippen molar-refractivity contribution in [3.8, 4) is 0 Å². The van der Waals surface area contributed by atoms with E-state index in [1.54, 1.807) is 0 Å². The van der Waals surface area contributed by atoms with Gasteiger partial charge >= 0.3 is 5.97 Å². The number of thiazole rings is 1. The number of ketones is 1. The Balaban J connectivity index is 2.54. The summed E-state index contributed by atoms with van der Waals surface area (Å²) in [5.41, 5.74) is 0.0689. The molecule has 20 heavy (non-hydrogen) atoms. The van der Waals surface area contributed by atoms with Gasteiger partial charge in [0.1, 0.15) is 4.88 Å². The number of hydrogen-bond donors (Lipinski definition) is 1. The molecule has 0 atom stereocenters. The van der Waals surface area contributed by atoms with Crippen LogP contribution < -0.4 is 5.32 Å². The molecule has 0 aliphatic rings. The molecule has 1 aromatic heterocycles. The van der Waals surface area contributed by atoms with E-state index in [2.05, 4.69) is 22.0 Å². The van der Waals surface area contributed by atoms with Gasteiger partial charge < -0.3 is 14.8 Å². The van der Waals surface area contributed by atoms with Gasteiger partial charge in [0.25, 0.3) is 0 Å². The van der Waals surface area contributed by atoms with Crippen molar-refractivity contribution in [1.29, 1.82) is 0 Å². The highest BCUT2D eigenvalue weighted by Gasteiger charge is 2.21. The van der Waals surface area contributed by atoms with Gasteiger partial charge in [0.2, 0.25) is 0 Å². The number of Topliss-reactive ketones (excluding diaryl/α,β-unsaturated/α-hetero) is 1. The summed E-state index contributed by atoms with van der Waals surface area (Å²) in [6, 6.07) is 0. The molecule has 6 nitrogen and oxygen atoms in total. The molecule has 0 saturated heterocycles. The van der Waals surface area contributed by atoms with Crippen LogP contribution in [0.15, 0.2) is 0 Å². The van der Waals surface area contributed by atoms with Gasteiger partial charge in [0.15, 0.2) is 16.6 Å². The SMILES string of the molecule is CCCCOCCNc1nc(C(=O)OC)c(C(C)=O)s1. The quantitative estimate of drug-likeness (QED) is 0.428. The third-order valence-electron chi connectivity index (χ3n) is 2.49. The van der Waals surface area contributed by atoms with Gasteiger partial charge in [-0.15, -0.1) is 0 Å². The molecule has 0 bridgehead atoms. The fourth-order valence-electron chi connectivity index (χ4n) is 1.45. The summed E-state index contributed by atoms with van der Waals surface area (Å²) in [7, 11) is 1.26. The summed E-state index contributed by atoms with van der Waals surface area (Å²) < 4.78 is 10.0. The smallest absolute Gasteiger partial charge is 0.358 e. The number of hydrogen-bond acceptors (Lipinski definition) is 7. The van der Waals surface area contributed by atoms with Crippen molar-refractivity contribution in [2.24, 2.45) is 0 Å². The number of ether oxygens (including phenoxy) is 2. The van der Waals surface area contributed by atoms with E-state index in [-0.39, 0.29) is 11.5 Å². The summed E-state index contributed by atoms with van der Waals surface area (Å²) in [4.78, 5) is 27.4. The van der Waals surface area contributed by atoms with Crippen LogP contribution in [0.4, 0.5) is 5.13 Å². The highest BCUT2D eigenvalue weighted by atomic mass is 32.1. The van der Waals surface area contributed by atoms with E-state index in [0.717, 1.165) is 30.8 Å². The lowest BCUT2D eigenvalue weighted by molar-refractivity contribution is 0.0591. The maximum atomic E-state index is 11.5. The number of carbonyl (C=O) groups is 2. The van der Waals surface area contributed by atoms with Crippen LogP contribution in [-0.4, -0.2) is 43.6 Å². The van der Waals surface area contributed by atoms with Crippen LogP contribution in [0.2, 0.25) is 0 Å². The molecule has 1 heterocycles. The first-order valence-corrected chi connectivity index (χ1v) is 7.33. The van der Waals surface area contributed by atoms with Crippen molar-refractivity contribution in [3.63, 3.8) is 0 Å². The molecule has 0 fully saturated rings. The zero-order valence-corrected chi connectivity index (χ0v) is 12.8. The molecule has 112 valence electrons. The van der Waals surface area contributed by atoms with Crippen LogP contribution in [0.3, 0.4) is 0 Å². The molecule has 0 spiro atoms. The molecule has 0 amide bonds. The largest absolute Gasteiger partial charge is 0.464 e. The first kappa shape index (κ1) is 16.6. The summed E-state index contributed by atoms with van der Waals surface area (Å²) in [5.74, 6) is -0.797. The lowest BCUT2D eigenvalue weighted by atomic mass is 10.3. The van der Waals surface area contributed by atoms with Crippen LogP contribution in [0.5, 0.6) is 0 Å². The number of methoxy groups -OCH3 is 1. The second-order valence-electron chi connectivity index (χ2n) is 4.14. The number of nitrogens with one attached hydrogen (secondary N) is 1. The van der Waals surface area contributed by atoms with E-state index in [0.29, 0.717) is 23.2 Å². The van der Waals surface area contributed by atoms with E-state index >= 15 is 0 Å².